The lowest BCUT2D eigenvalue weighted by Gasteiger charge is -2.05. The fourth-order valence-electron chi connectivity index (χ4n) is 2.50. The maximum Gasteiger partial charge on any atom is 0.339 e. The summed E-state index contributed by atoms with van der Waals surface area (Å²) in [4.78, 5) is 14.7. The molecule has 1 aliphatic rings. The highest BCUT2D eigenvalue weighted by Crippen LogP contribution is 2.28. The van der Waals surface area contributed by atoms with Crippen molar-refractivity contribution in [3.63, 3.8) is 0 Å². The number of aromatic nitrogens is 1. The predicted molar refractivity (Wildman–Crippen MR) is 90.0 cm³/mol. The number of benzene rings is 1. The maximum absolute atomic E-state index is 13.2. The van der Waals surface area contributed by atoms with E-state index in [-0.39, 0.29) is 15.7 Å². The van der Waals surface area contributed by atoms with Crippen LogP contribution in [0.2, 0.25) is 0 Å². The standard InChI is InChI=1S/C10H6BrFN2O2.C6H12O/c11-6-1-4-8(2-7(6)12)14-3-5(9(4)13)10(15)16;1-7-6-4-2-3-5-6/h1-3H,(H2,13,14)(H,15,16);6H,2-5H2,1H3. The number of ether oxygens (including phenoxy) is 1. The molecule has 1 heterocycles. The zero-order valence-electron chi connectivity index (χ0n) is 12.7. The number of nitrogens with zero attached hydrogens (tertiary/aromatic N) is 1. The molecule has 0 radical (unpaired) electrons. The summed E-state index contributed by atoms with van der Waals surface area (Å²) < 4.78 is 18.5. The molecule has 0 unspecified atom stereocenters. The number of carboxylic acids is 1. The summed E-state index contributed by atoms with van der Waals surface area (Å²) in [6, 6.07) is 2.61. The van der Waals surface area contributed by atoms with E-state index in [4.69, 9.17) is 15.6 Å². The zero-order valence-corrected chi connectivity index (χ0v) is 14.3. The second-order valence-corrected chi connectivity index (χ2v) is 6.17. The summed E-state index contributed by atoms with van der Waals surface area (Å²) in [7, 11) is 1.80. The van der Waals surface area contributed by atoms with Gasteiger partial charge < -0.3 is 15.6 Å². The molecule has 1 saturated carbocycles. The predicted octanol–water partition coefficient (Wildman–Crippen LogP) is 3.99. The summed E-state index contributed by atoms with van der Waals surface area (Å²) in [5.41, 5.74) is 5.99. The molecule has 0 aliphatic heterocycles. The Morgan fingerprint density at radius 3 is 2.61 bits per heavy atom. The van der Waals surface area contributed by atoms with Crippen LogP contribution in [0, 0.1) is 5.82 Å². The molecule has 5 nitrogen and oxygen atoms in total. The third kappa shape index (κ3) is 4.17. The van der Waals surface area contributed by atoms with Crippen molar-refractivity contribution in [1.82, 2.24) is 4.98 Å². The Hall–Kier alpha value is -1.73. The molecule has 23 heavy (non-hydrogen) atoms. The number of nitrogens with two attached hydrogens (primary N) is 1. The van der Waals surface area contributed by atoms with Crippen molar-refractivity contribution >= 4 is 38.5 Å². The largest absolute Gasteiger partial charge is 0.478 e. The first-order valence-corrected chi connectivity index (χ1v) is 8.02. The van der Waals surface area contributed by atoms with E-state index < -0.39 is 11.8 Å². The van der Waals surface area contributed by atoms with Crippen molar-refractivity contribution in [3.8, 4) is 0 Å². The van der Waals surface area contributed by atoms with E-state index in [1.54, 1.807) is 7.11 Å². The molecular weight excluding hydrogens is 367 g/mol. The van der Waals surface area contributed by atoms with Crippen LogP contribution in [0.4, 0.5) is 10.1 Å². The van der Waals surface area contributed by atoms with Crippen molar-refractivity contribution in [2.24, 2.45) is 0 Å². The first kappa shape index (κ1) is 17.6. The van der Waals surface area contributed by atoms with E-state index >= 15 is 0 Å². The average Bonchev–Trinajstić information content (AvgIpc) is 3.03. The van der Waals surface area contributed by atoms with Crippen LogP contribution >= 0.6 is 15.9 Å². The van der Waals surface area contributed by atoms with Crippen molar-refractivity contribution in [2.75, 3.05) is 12.8 Å². The van der Waals surface area contributed by atoms with Crippen LogP contribution in [0.3, 0.4) is 0 Å². The quantitative estimate of drug-likeness (QED) is 0.817. The Morgan fingerprint density at radius 1 is 1.43 bits per heavy atom. The molecule has 1 aromatic heterocycles. The Bertz CT molecular complexity index is 718. The number of nitrogen functional groups attached to an aromatic ring is 1. The fraction of sp³-hybridized carbons (Fsp3) is 0.375. The lowest BCUT2D eigenvalue weighted by Crippen LogP contribution is -2.04. The third-order valence-corrected chi connectivity index (χ3v) is 4.43. The van der Waals surface area contributed by atoms with Gasteiger partial charge in [-0.3, -0.25) is 4.98 Å². The van der Waals surface area contributed by atoms with E-state index in [0.29, 0.717) is 17.0 Å². The number of pyridine rings is 1. The normalized spacial score (nSPS) is 14.6. The van der Waals surface area contributed by atoms with Crippen LogP contribution in [-0.4, -0.2) is 29.3 Å². The number of rotatable bonds is 2. The first-order chi connectivity index (χ1) is 10.9. The molecule has 0 bridgehead atoms. The van der Waals surface area contributed by atoms with E-state index in [0.717, 1.165) is 6.20 Å². The van der Waals surface area contributed by atoms with Gasteiger partial charge in [0.1, 0.15) is 11.4 Å². The molecule has 3 rings (SSSR count). The molecule has 1 fully saturated rings. The Kier molecular flexibility index (Phi) is 5.90. The highest BCUT2D eigenvalue weighted by Gasteiger charge is 2.13. The molecule has 7 heteroatoms. The number of carbonyl (C=O) groups is 1. The first-order valence-electron chi connectivity index (χ1n) is 7.23. The van der Waals surface area contributed by atoms with Crippen LogP contribution in [0.5, 0.6) is 0 Å². The van der Waals surface area contributed by atoms with Gasteiger partial charge in [-0.1, -0.05) is 12.8 Å². The SMILES string of the molecule is COC1CCCC1.Nc1c(C(=O)O)cnc2cc(F)c(Br)cc12. The number of aromatic carboxylic acids is 1. The molecule has 1 aliphatic carbocycles. The van der Waals surface area contributed by atoms with Gasteiger partial charge in [-0.05, 0) is 34.8 Å². The highest BCUT2D eigenvalue weighted by molar-refractivity contribution is 9.10. The number of methoxy groups -OCH3 is 1. The number of hydrogen-bond donors (Lipinski definition) is 2. The Morgan fingerprint density at radius 2 is 2.09 bits per heavy atom. The maximum atomic E-state index is 13.2. The van der Waals surface area contributed by atoms with Crippen molar-refractivity contribution in [1.29, 1.82) is 0 Å². The van der Waals surface area contributed by atoms with Gasteiger partial charge in [0.2, 0.25) is 0 Å². The molecule has 124 valence electrons. The van der Waals surface area contributed by atoms with Gasteiger partial charge in [-0.2, -0.15) is 0 Å². The van der Waals surface area contributed by atoms with Gasteiger partial charge in [0.25, 0.3) is 0 Å². The van der Waals surface area contributed by atoms with Crippen LogP contribution in [0.15, 0.2) is 22.8 Å². The molecule has 0 amide bonds. The summed E-state index contributed by atoms with van der Waals surface area (Å²) in [6.07, 6.45) is 7.04. The Balaban J connectivity index is 0.000000229. The second kappa shape index (κ2) is 7.70. The minimum Gasteiger partial charge on any atom is -0.478 e. The lowest BCUT2D eigenvalue weighted by molar-refractivity contribution is 0.0698. The monoisotopic (exact) mass is 384 g/mol. The molecule has 0 spiro atoms. The van der Waals surface area contributed by atoms with Gasteiger partial charge in [-0.25, -0.2) is 9.18 Å². The summed E-state index contributed by atoms with van der Waals surface area (Å²) >= 11 is 3.01. The van der Waals surface area contributed by atoms with Crippen LogP contribution in [0.1, 0.15) is 36.0 Å². The molecule has 1 aromatic carbocycles. The van der Waals surface area contributed by atoms with Gasteiger partial charge >= 0.3 is 5.97 Å². The topological polar surface area (TPSA) is 85.4 Å². The molecule has 0 saturated heterocycles. The van der Waals surface area contributed by atoms with E-state index in [1.807, 2.05) is 0 Å². The van der Waals surface area contributed by atoms with E-state index in [1.165, 1.54) is 37.8 Å². The average molecular weight is 385 g/mol. The van der Waals surface area contributed by atoms with Crippen molar-refractivity contribution in [3.05, 3.63) is 34.2 Å². The van der Waals surface area contributed by atoms with Crippen LogP contribution in [0.25, 0.3) is 10.9 Å². The van der Waals surface area contributed by atoms with Gasteiger partial charge in [0.15, 0.2) is 0 Å². The number of hydrogen-bond acceptors (Lipinski definition) is 4. The summed E-state index contributed by atoms with van der Waals surface area (Å²) in [6.45, 7) is 0. The summed E-state index contributed by atoms with van der Waals surface area (Å²) in [5.74, 6) is -1.63. The minimum atomic E-state index is -1.16. The second-order valence-electron chi connectivity index (χ2n) is 5.32. The Labute approximate surface area is 141 Å². The molecule has 0 atom stereocenters. The minimum absolute atomic E-state index is 0.0817. The number of halogens is 2. The van der Waals surface area contributed by atoms with Gasteiger partial charge in [0, 0.05) is 24.8 Å². The fourth-order valence-corrected chi connectivity index (χ4v) is 2.85. The van der Waals surface area contributed by atoms with Crippen LogP contribution < -0.4 is 5.73 Å². The molecular formula is C16H18BrFN2O3. The zero-order chi connectivity index (χ0) is 17.0. The third-order valence-electron chi connectivity index (χ3n) is 3.82. The van der Waals surface area contributed by atoms with Crippen molar-refractivity contribution < 1.29 is 19.0 Å². The highest BCUT2D eigenvalue weighted by atomic mass is 79.9. The number of anilines is 1. The van der Waals surface area contributed by atoms with Crippen LogP contribution in [-0.2, 0) is 4.74 Å². The molecule has 2 aromatic rings. The van der Waals surface area contributed by atoms with E-state index in [9.17, 15) is 9.18 Å². The smallest absolute Gasteiger partial charge is 0.339 e. The number of carboxylic acid groups (broad SMARTS) is 1. The lowest BCUT2D eigenvalue weighted by atomic mass is 10.1. The number of fused-ring (bicyclic) bond motifs is 1. The van der Waals surface area contributed by atoms with E-state index in [2.05, 4.69) is 20.9 Å². The van der Waals surface area contributed by atoms with Gasteiger partial charge in [0.05, 0.1) is 21.8 Å². The molecule has 3 N–H and O–H groups in total. The van der Waals surface area contributed by atoms with Gasteiger partial charge in [-0.15, -0.1) is 0 Å². The summed E-state index contributed by atoms with van der Waals surface area (Å²) in [5, 5.41) is 9.25. The van der Waals surface area contributed by atoms with Crippen molar-refractivity contribution in [2.45, 2.75) is 31.8 Å².